The van der Waals surface area contributed by atoms with Crippen molar-refractivity contribution in [3.63, 3.8) is 0 Å². The van der Waals surface area contributed by atoms with Crippen LogP contribution >= 0.6 is 11.3 Å². The lowest BCUT2D eigenvalue weighted by Gasteiger charge is -2.19. The van der Waals surface area contributed by atoms with Crippen LogP contribution in [0.2, 0.25) is 0 Å². The minimum Gasteiger partial charge on any atom is -0.485 e. The smallest absolute Gasteiger partial charge is 0.416 e. The molecule has 0 aliphatic rings. The van der Waals surface area contributed by atoms with Gasteiger partial charge in [0, 0.05) is 11.4 Å². The van der Waals surface area contributed by atoms with E-state index in [2.05, 4.69) is 12.2 Å². The maximum Gasteiger partial charge on any atom is 0.416 e. The molecule has 1 aromatic heterocycles. The molecule has 5 nitrogen and oxygen atoms in total. The van der Waals surface area contributed by atoms with Crippen LogP contribution in [0.1, 0.15) is 77.2 Å². The molecule has 0 bridgehead atoms. The van der Waals surface area contributed by atoms with Crippen molar-refractivity contribution in [1.82, 2.24) is 5.32 Å². The number of carbonyl (C=O) groups excluding carboxylic acids is 1. The van der Waals surface area contributed by atoms with Crippen molar-refractivity contribution in [2.24, 2.45) is 0 Å². The van der Waals surface area contributed by atoms with Gasteiger partial charge in [-0.25, -0.2) is 0 Å². The van der Waals surface area contributed by atoms with E-state index in [0.717, 1.165) is 60.2 Å². The molecule has 0 saturated carbocycles. The van der Waals surface area contributed by atoms with Crippen molar-refractivity contribution in [2.75, 3.05) is 6.54 Å². The fourth-order valence-electron chi connectivity index (χ4n) is 4.07. The second-order valence-corrected chi connectivity index (χ2v) is 10.2. The Morgan fingerprint density at radius 1 is 1.03 bits per heavy atom. The second-order valence-electron chi connectivity index (χ2n) is 9.11. The molecule has 1 amide bonds. The molecule has 2 N–H and O–H groups in total. The molecule has 0 fully saturated rings. The van der Waals surface area contributed by atoms with E-state index in [-0.39, 0.29) is 25.0 Å². The van der Waals surface area contributed by atoms with E-state index in [1.54, 1.807) is 6.07 Å². The number of nitrogens with one attached hydrogen (secondary N) is 1. The van der Waals surface area contributed by atoms with Gasteiger partial charge in [-0.05, 0) is 72.9 Å². The van der Waals surface area contributed by atoms with Gasteiger partial charge in [0.2, 0.25) is 0 Å². The average Bonchev–Trinajstić information content (AvgIpc) is 3.36. The molecule has 0 aliphatic carbocycles. The number of carboxylic acid groups (broad SMARTS) is 1. The first kappa shape index (κ1) is 29.2. The van der Waals surface area contributed by atoms with Gasteiger partial charge in [0.15, 0.2) is 0 Å². The third-order valence-electron chi connectivity index (χ3n) is 6.11. The van der Waals surface area contributed by atoms with E-state index < -0.39 is 17.7 Å². The van der Waals surface area contributed by atoms with Crippen LogP contribution < -0.4 is 10.1 Å². The summed E-state index contributed by atoms with van der Waals surface area (Å²) in [5.74, 6) is -0.652. The number of ether oxygens (including phenoxy) is 1. The molecule has 1 heterocycles. The molecule has 1 atom stereocenters. The molecule has 0 radical (unpaired) electrons. The Bertz CT molecular complexity index is 1220. The predicted molar refractivity (Wildman–Crippen MR) is 143 cm³/mol. The quantitative estimate of drug-likeness (QED) is 0.212. The molecule has 0 saturated heterocycles. The van der Waals surface area contributed by atoms with Crippen LogP contribution in [-0.2, 0) is 11.0 Å². The number of carboxylic acids is 1. The summed E-state index contributed by atoms with van der Waals surface area (Å²) in [7, 11) is 0. The highest BCUT2D eigenvalue weighted by atomic mass is 32.1. The topological polar surface area (TPSA) is 75.6 Å². The van der Waals surface area contributed by atoms with E-state index >= 15 is 0 Å². The van der Waals surface area contributed by atoms with E-state index in [9.17, 15) is 22.8 Å². The fraction of sp³-hybridized carbons (Fsp3) is 0.379. The lowest BCUT2D eigenvalue weighted by molar-refractivity contribution is -0.138. The van der Waals surface area contributed by atoms with Crippen molar-refractivity contribution in [3.8, 4) is 16.9 Å². The van der Waals surface area contributed by atoms with Gasteiger partial charge < -0.3 is 15.2 Å². The Kier molecular flexibility index (Phi) is 10.4. The number of hydrogen-bond acceptors (Lipinski definition) is 4. The summed E-state index contributed by atoms with van der Waals surface area (Å²) in [5, 5.41) is 11.4. The van der Waals surface area contributed by atoms with Crippen LogP contribution in [0.3, 0.4) is 0 Å². The number of carbonyl (C=O) groups is 2. The summed E-state index contributed by atoms with van der Waals surface area (Å²) in [6.07, 6.45) is 0.224. The highest BCUT2D eigenvalue weighted by Crippen LogP contribution is 2.35. The SMILES string of the molecule is CCCCCCC(Oc1ccc(-c2ccc(C(F)(F)F)cc2)c(C)c1)c1ccc(C(=O)NCCC(=O)O)s1. The van der Waals surface area contributed by atoms with Gasteiger partial charge in [-0.1, -0.05) is 44.4 Å². The minimum absolute atomic E-state index is 0.0584. The Hall–Kier alpha value is -3.33. The molecule has 1 unspecified atom stereocenters. The number of amides is 1. The maximum absolute atomic E-state index is 12.9. The van der Waals surface area contributed by atoms with Crippen LogP contribution in [0.5, 0.6) is 5.75 Å². The summed E-state index contributed by atoms with van der Waals surface area (Å²) in [5.41, 5.74) is 1.70. The van der Waals surface area contributed by atoms with Crippen LogP contribution in [0.15, 0.2) is 54.6 Å². The normalized spacial score (nSPS) is 12.2. The molecule has 3 rings (SSSR count). The number of halogens is 3. The average molecular weight is 548 g/mol. The standard InChI is InChI=1S/C29H32F3NO4S/c1-3-4-5-6-7-24(25-14-15-26(38-25)28(36)33-17-16-27(34)35)37-22-12-13-23(19(2)18-22)20-8-10-21(11-9-20)29(30,31)32/h8-15,18,24H,3-7,16-17H2,1-2H3,(H,33,36)(H,34,35). The van der Waals surface area contributed by atoms with Gasteiger partial charge in [-0.15, -0.1) is 11.3 Å². The third-order valence-corrected chi connectivity index (χ3v) is 7.29. The summed E-state index contributed by atoms with van der Waals surface area (Å²) in [6, 6.07) is 14.2. The maximum atomic E-state index is 12.9. The second kappa shape index (κ2) is 13.5. The van der Waals surface area contributed by atoms with Crippen molar-refractivity contribution >= 4 is 23.2 Å². The highest BCUT2D eigenvalue weighted by molar-refractivity contribution is 7.14. The van der Waals surface area contributed by atoms with Gasteiger partial charge in [0.05, 0.1) is 16.9 Å². The van der Waals surface area contributed by atoms with Gasteiger partial charge in [-0.2, -0.15) is 13.2 Å². The van der Waals surface area contributed by atoms with Crippen LogP contribution in [0, 0.1) is 6.92 Å². The number of aryl methyl sites for hydroxylation is 1. The van der Waals surface area contributed by atoms with E-state index in [1.165, 1.54) is 23.5 Å². The highest BCUT2D eigenvalue weighted by Gasteiger charge is 2.30. The van der Waals surface area contributed by atoms with Crippen molar-refractivity contribution < 1.29 is 32.6 Å². The van der Waals surface area contributed by atoms with Crippen molar-refractivity contribution in [3.05, 3.63) is 75.5 Å². The molecular formula is C29H32F3NO4S. The van der Waals surface area contributed by atoms with Gasteiger partial charge in [0.1, 0.15) is 11.9 Å². The number of benzene rings is 2. The summed E-state index contributed by atoms with van der Waals surface area (Å²) >= 11 is 1.32. The molecule has 3 aromatic rings. The first-order valence-electron chi connectivity index (χ1n) is 12.6. The van der Waals surface area contributed by atoms with Gasteiger partial charge >= 0.3 is 12.1 Å². The summed E-state index contributed by atoms with van der Waals surface area (Å²) in [4.78, 5) is 24.5. The minimum atomic E-state index is -4.38. The molecule has 204 valence electrons. The first-order valence-corrected chi connectivity index (χ1v) is 13.4. The third kappa shape index (κ3) is 8.34. The Balaban J connectivity index is 1.75. The van der Waals surface area contributed by atoms with Gasteiger partial charge in [-0.3, -0.25) is 9.59 Å². The van der Waals surface area contributed by atoms with Crippen molar-refractivity contribution in [1.29, 1.82) is 0 Å². The molecule has 38 heavy (non-hydrogen) atoms. The summed E-state index contributed by atoms with van der Waals surface area (Å²) in [6.45, 7) is 4.09. The number of rotatable bonds is 13. The Morgan fingerprint density at radius 2 is 1.76 bits per heavy atom. The van der Waals surface area contributed by atoms with Crippen LogP contribution in [-0.4, -0.2) is 23.5 Å². The lowest BCUT2D eigenvalue weighted by atomic mass is 9.99. The van der Waals surface area contributed by atoms with Gasteiger partial charge in [0.25, 0.3) is 5.91 Å². The zero-order chi connectivity index (χ0) is 27.7. The van der Waals surface area contributed by atoms with E-state index in [0.29, 0.717) is 16.2 Å². The number of unbranched alkanes of at least 4 members (excludes halogenated alkanes) is 3. The number of hydrogen-bond donors (Lipinski definition) is 2. The number of alkyl halides is 3. The summed E-state index contributed by atoms with van der Waals surface area (Å²) < 4.78 is 45.1. The molecule has 0 aliphatic heterocycles. The molecule has 9 heteroatoms. The Labute approximate surface area is 224 Å². The molecular weight excluding hydrogens is 515 g/mol. The first-order chi connectivity index (χ1) is 18.1. The van der Waals surface area contributed by atoms with E-state index in [1.807, 2.05) is 31.2 Å². The zero-order valence-corrected chi connectivity index (χ0v) is 22.3. The van der Waals surface area contributed by atoms with Crippen molar-refractivity contribution in [2.45, 2.75) is 64.7 Å². The molecule has 2 aromatic carbocycles. The fourth-order valence-corrected chi connectivity index (χ4v) is 5.06. The lowest BCUT2D eigenvalue weighted by Crippen LogP contribution is -2.25. The molecule has 0 spiro atoms. The largest absolute Gasteiger partial charge is 0.485 e. The zero-order valence-electron chi connectivity index (χ0n) is 21.4. The number of thiophene rings is 1. The van der Waals surface area contributed by atoms with E-state index in [4.69, 9.17) is 9.84 Å². The van der Waals surface area contributed by atoms with Crippen LogP contribution in [0.25, 0.3) is 11.1 Å². The number of aliphatic carboxylic acids is 1. The monoisotopic (exact) mass is 547 g/mol. The predicted octanol–water partition coefficient (Wildman–Crippen LogP) is 8.04. The van der Waals surface area contributed by atoms with Crippen LogP contribution in [0.4, 0.5) is 13.2 Å². The Morgan fingerprint density at radius 3 is 2.39 bits per heavy atom.